The van der Waals surface area contributed by atoms with Gasteiger partial charge in [-0.15, -0.1) is 0 Å². The molecule has 33 heavy (non-hydrogen) atoms. The van der Waals surface area contributed by atoms with Crippen molar-refractivity contribution in [3.05, 3.63) is 106 Å². The fraction of sp³-hybridized carbons (Fsp3) is 0.192. The molecule has 1 amide bonds. The minimum absolute atomic E-state index is 0.201. The number of halogens is 2. The molecule has 1 aromatic heterocycles. The second-order valence-electron chi connectivity index (χ2n) is 7.90. The van der Waals surface area contributed by atoms with E-state index >= 15 is 0 Å². The summed E-state index contributed by atoms with van der Waals surface area (Å²) in [7, 11) is 0. The lowest BCUT2D eigenvalue weighted by Crippen LogP contribution is -2.39. The van der Waals surface area contributed by atoms with Gasteiger partial charge < -0.3 is 4.90 Å². The van der Waals surface area contributed by atoms with Gasteiger partial charge in [-0.3, -0.25) is 14.2 Å². The molecule has 7 heteroatoms. The second-order valence-corrected chi connectivity index (χ2v) is 8.99. The summed E-state index contributed by atoms with van der Waals surface area (Å²) < 4.78 is 1.57. The maximum Gasteiger partial charge on any atom is 0.266 e. The van der Waals surface area contributed by atoms with Gasteiger partial charge in [0.15, 0.2) is 4.84 Å². The second kappa shape index (κ2) is 9.77. The zero-order chi connectivity index (χ0) is 23.5. The quantitative estimate of drug-likeness (QED) is 0.338. The van der Waals surface area contributed by atoms with Crippen LogP contribution in [0.25, 0.3) is 16.6 Å². The Bertz CT molecular complexity index is 1350. The van der Waals surface area contributed by atoms with Crippen LogP contribution in [-0.4, -0.2) is 25.2 Å². The van der Waals surface area contributed by atoms with Crippen molar-refractivity contribution < 1.29 is 4.79 Å². The van der Waals surface area contributed by atoms with E-state index in [-0.39, 0.29) is 12.1 Å². The first-order valence-electron chi connectivity index (χ1n) is 10.6. The van der Waals surface area contributed by atoms with Crippen LogP contribution in [0.5, 0.6) is 0 Å². The Balaban J connectivity index is 1.93. The lowest BCUT2D eigenvalue weighted by atomic mass is 10.1. The van der Waals surface area contributed by atoms with E-state index in [1.165, 1.54) is 0 Å². The van der Waals surface area contributed by atoms with Crippen LogP contribution >= 0.6 is 23.2 Å². The van der Waals surface area contributed by atoms with Gasteiger partial charge in [-0.1, -0.05) is 77.8 Å². The SMILES string of the molecule is Cc1cccc(-n2c(C(C)N(Cc3ccccc3)C(=O)C(Cl)Cl)nc3ccccc3c2=O)c1. The Morgan fingerprint density at radius 1 is 1.00 bits per heavy atom. The monoisotopic (exact) mass is 479 g/mol. The number of benzene rings is 3. The number of hydrogen-bond donors (Lipinski definition) is 0. The van der Waals surface area contributed by atoms with E-state index in [4.69, 9.17) is 28.2 Å². The largest absolute Gasteiger partial charge is 0.326 e. The number of carbonyl (C=O) groups excluding carboxylic acids is 1. The number of rotatable bonds is 6. The van der Waals surface area contributed by atoms with Gasteiger partial charge in [-0.05, 0) is 49.2 Å². The number of nitrogens with zero attached hydrogens (tertiary/aromatic N) is 3. The van der Waals surface area contributed by atoms with Crippen molar-refractivity contribution in [3.63, 3.8) is 0 Å². The smallest absolute Gasteiger partial charge is 0.266 e. The molecule has 0 fully saturated rings. The van der Waals surface area contributed by atoms with Crippen LogP contribution in [0.2, 0.25) is 0 Å². The molecular formula is C26H23Cl2N3O2. The summed E-state index contributed by atoms with van der Waals surface area (Å²) in [5.41, 5.74) is 2.96. The zero-order valence-corrected chi connectivity index (χ0v) is 19.8. The van der Waals surface area contributed by atoms with Crippen LogP contribution in [0.15, 0.2) is 83.7 Å². The Labute approximate surface area is 202 Å². The van der Waals surface area contributed by atoms with Crippen LogP contribution in [0, 0.1) is 6.92 Å². The Hall–Kier alpha value is -3.15. The molecule has 0 spiro atoms. The predicted molar refractivity (Wildman–Crippen MR) is 133 cm³/mol. The number of aryl methyl sites for hydroxylation is 1. The molecule has 0 N–H and O–H groups in total. The van der Waals surface area contributed by atoms with Crippen molar-refractivity contribution in [1.82, 2.24) is 14.5 Å². The maximum atomic E-state index is 13.6. The normalized spacial score (nSPS) is 12.2. The molecule has 0 aliphatic heterocycles. The first-order valence-corrected chi connectivity index (χ1v) is 11.5. The molecule has 0 bridgehead atoms. The summed E-state index contributed by atoms with van der Waals surface area (Å²) in [5, 5.41) is 0.503. The van der Waals surface area contributed by atoms with Crippen molar-refractivity contribution >= 4 is 40.0 Å². The molecule has 1 unspecified atom stereocenters. The highest BCUT2D eigenvalue weighted by atomic mass is 35.5. The summed E-state index contributed by atoms with van der Waals surface area (Å²) in [6.45, 7) is 4.07. The molecule has 4 rings (SSSR count). The molecule has 0 aliphatic rings. The maximum absolute atomic E-state index is 13.6. The van der Waals surface area contributed by atoms with Crippen molar-refractivity contribution in [1.29, 1.82) is 0 Å². The lowest BCUT2D eigenvalue weighted by molar-refractivity contribution is -0.132. The van der Waals surface area contributed by atoms with Gasteiger partial charge in [-0.25, -0.2) is 4.98 Å². The fourth-order valence-corrected chi connectivity index (χ4v) is 4.15. The number of amides is 1. The molecule has 1 heterocycles. The fourth-order valence-electron chi connectivity index (χ4n) is 3.90. The summed E-state index contributed by atoms with van der Waals surface area (Å²) in [4.78, 5) is 31.8. The van der Waals surface area contributed by atoms with Crippen molar-refractivity contribution in [2.24, 2.45) is 0 Å². The van der Waals surface area contributed by atoms with Crippen LogP contribution in [0.3, 0.4) is 0 Å². The van der Waals surface area contributed by atoms with Crippen LogP contribution in [0.1, 0.15) is 29.9 Å². The van der Waals surface area contributed by atoms with Gasteiger partial charge in [0, 0.05) is 6.54 Å². The molecule has 4 aromatic rings. The molecule has 0 radical (unpaired) electrons. The highest BCUT2D eigenvalue weighted by molar-refractivity contribution is 6.53. The van der Waals surface area contributed by atoms with Crippen molar-refractivity contribution in [3.8, 4) is 5.69 Å². The Kier molecular flexibility index (Phi) is 6.82. The summed E-state index contributed by atoms with van der Waals surface area (Å²) in [5.74, 6) is -0.0181. The number of aromatic nitrogens is 2. The minimum atomic E-state index is -1.24. The van der Waals surface area contributed by atoms with E-state index in [0.717, 1.165) is 11.1 Å². The van der Waals surface area contributed by atoms with Crippen molar-refractivity contribution in [2.45, 2.75) is 31.3 Å². The highest BCUT2D eigenvalue weighted by Gasteiger charge is 2.30. The van der Waals surface area contributed by atoms with Gasteiger partial charge in [-0.2, -0.15) is 0 Å². The highest BCUT2D eigenvalue weighted by Crippen LogP contribution is 2.27. The van der Waals surface area contributed by atoms with Crippen LogP contribution < -0.4 is 5.56 Å². The molecule has 168 valence electrons. The third-order valence-electron chi connectivity index (χ3n) is 5.57. The van der Waals surface area contributed by atoms with Gasteiger partial charge >= 0.3 is 0 Å². The van der Waals surface area contributed by atoms with Gasteiger partial charge in [0.25, 0.3) is 11.5 Å². The van der Waals surface area contributed by atoms with E-state index in [9.17, 15) is 9.59 Å². The number of fused-ring (bicyclic) bond motifs is 1. The first kappa shape index (κ1) is 23.0. The van der Waals surface area contributed by atoms with Gasteiger partial charge in [0.1, 0.15) is 5.82 Å². The molecule has 3 aromatic carbocycles. The number of hydrogen-bond acceptors (Lipinski definition) is 3. The number of para-hydroxylation sites is 1. The van der Waals surface area contributed by atoms with Gasteiger partial charge in [0.05, 0.1) is 22.6 Å². The topological polar surface area (TPSA) is 55.2 Å². The van der Waals surface area contributed by atoms with E-state index in [1.807, 2.05) is 80.6 Å². The first-order chi connectivity index (χ1) is 15.9. The zero-order valence-electron chi connectivity index (χ0n) is 18.3. The molecular weight excluding hydrogens is 457 g/mol. The van der Waals surface area contributed by atoms with E-state index < -0.39 is 16.8 Å². The minimum Gasteiger partial charge on any atom is -0.326 e. The lowest BCUT2D eigenvalue weighted by Gasteiger charge is -2.31. The van der Waals surface area contributed by atoms with Crippen LogP contribution in [-0.2, 0) is 11.3 Å². The Morgan fingerprint density at radius 3 is 2.39 bits per heavy atom. The molecule has 5 nitrogen and oxygen atoms in total. The molecule has 0 saturated heterocycles. The average molecular weight is 480 g/mol. The summed E-state index contributed by atoms with van der Waals surface area (Å²) in [6, 6.07) is 23.8. The third kappa shape index (κ3) is 4.80. The standard InChI is InChI=1S/C26H23Cl2N3O2/c1-17-9-8-12-20(15-17)31-24(29-22-14-7-6-13-21(22)25(31)32)18(2)30(26(33)23(27)28)16-19-10-4-3-5-11-19/h3-15,18,23H,16H2,1-2H3. The molecule has 1 atom stereocenters. The van der Waals surface area contributed by atoms with Crippen LogP contribution in [0.4, 0.5) is 0 Å². The summed E-state index contributed by atoms with van der Waals surface area (Å²) >= 11 is 12.0. The Morgan fingerprint density at radius 2 is 1.70 bits per heavy atom. The van der Waals surface area contributed by atoms with E-state index in [1.54, 1.807) is 21.6 Å². The predicted octanol–water partition coefficient (Wildman–Crippen LogP) is 5.59. The van der Waals surface area contributed by atoms with E-state index in [2.05, 4.69) is 0 Å². The van der Waals surface area contributed by atoms with Crippen molar-refractivity contribution in [2.75, 3.05) is 0 Å². The average Bonchev–Trinajstić information content (AvgIpc) is 2.82. The third-order valence-corrected chi connectivity index (χ3v) is 5.94. The summed E-state index contributed by atoms with van der Waals surface area (Å²) in [6.07, 6.45) is 0. The van der Waals surface area contributed by atoms with E-state index in [0.29, 0.717) is 22.4 Å². The number of carbonyl (C=O) groups is 1. The molecule has 0 saturated carbocycles. The number of alkyl halides is 2. The van der Waals surface area contributed by atoms with Gasteiger partial charge in [0.2, 0.25) is 0 Å². The molecule has 0 aliphatic carbocycles.